The van der Waals surface area contributed by atoms with Crippen LogP contribution in [0.5, 0.6) is 5.75 Å². The minimum Gasteiger partial charge on any atom is -0.496 e. The predicted molar refractivity (Wildman–Crippen MR) is 82.1 cm³/mol. The molecule has 0 N–H and O–H groups in total. The maximum Gasteiger partial charge on any atom is 0.203 e. The van der Waals surface area contributed by atoms with Crippen molar-refractivity contribution in [2.75, 3.05) is 7.11 Å². The van der Waals surface area contributed by atoms with E-state index in [0.29, 0.717) is 16.9 Å². The van der Waals surface area contributed by atoms with Gasteiger partial charge in [-0.3, -0.25) is 4.79 Å². The highest BCUT2D eigenvalue weighted by Crippen LogP contribution is 2.21. The molecule has 0 unspecified atom stereocenters. The van der Waals surface area contributed by atoms with Gasteiger partial charge >= 0.3 is 0 Å². The SMILES string of the molecule is COc1ccccc1/C=C(\C#N)C(=O)c1cccc(C)c1. The first kappa shape index (κ1) is 14.5. The van der Waals surface area contributed by atoms with Gasteiger partial charge in [0.1, 0.15) is 17.4 Å². The topological polar surface area (TPSA) is 50.1 Å². The molecule has 0 fully saturated rings. The van der Waals surface area contributed by atoms with E-state index in [0.717, 1.165) is 5.56 Å². The van der Waals surface area contributed by atoms with Crippen molar-refractivity contribution in [1.29, 1.82) is 5.26 Å². The number of allylic oxidation sites excluding steroid dienone is 1. The Labute approximate surface area is 124 Å². The number of benzene rings is 2. The number of hydrogen-bond donors (Lipinski definition) is 0. The minimum absolute atomic E-state index is 0.0881. The number of methoxy groups -OCH3 is 1. The maximum atomic E-state index is 12.4. The molecule has 0 aliphatic carbocycles. The van der Waals surface area contributed by atoms with E-state index < -0.39 is 0 Å². The first-order valence-corrected chi connectivity index (χ1v) is 6.52. The van der Waals surface area contributed by atoms with E-state index >= 15 is 0 Å². The lowest BCUT2D eigenvalue weighted by molar-refractivity contribution is 0.104. The minimum atomic E-state index is -0.285. The van der Waals surface area contributed by atoms with E-state index in [1.54, 1.807) is 43.5 Å². The van der Waals surface area contributed by atoms with E-state index in [-0.39, 0.29) is 11.4 Å². The van der Waals surface area contributed by atoms with Gasteiger partial charge in [0.15, 0.2) is 0 Å². The Bertz CT molecular complexity index is 739. The molecule has 0 heterocycles. The van der Waals surface area contributed by atoms with Crippen molar-refractivity contribution in [3.8, 4) is 11.8 Å². The fourth-order valence-corrected chi connectivity index (χ4v) is 2.03. The molecule has 2 aromatic rings. The molecule has 0 aromatic heterocycles. The van der Waals surface area contributed by atoms with E-state index in [4.69, 9.17) is 4.74 Å². The van der Waals surface area contributed by atoms with Gasteiger partial charge in [-0.05, 0) is 25.1 Å². The predicted octanol–water partition coefficient (Wildman–Crippen LogP) is 3.79. The smallest absolute Gasteiger partial charge is 0.203 e. The summed E-state index contributed by atoms with van der Waals surface area (Å²) in [5.74, 6) is 0.342. The normalized spacial score (nSPS) is 10.8. The van der Waals surface area contributed by atoms with Crippen LogP contribution in [0, 0.1) is 18.3 Å². The van der Waals surface area contributed by atoms with Crippen molar-refractivity contribution in [2.45, 2.75) is 6.92 Å². The van der Waals surface area contributed by atoms with Crippen LogP contribution in [0.2, 0.25) is 0 Å². The number of carbonyl (C=O) groups excluding carboxylic acids is 1. The highest BCUT2D eigenvalue weighted by Gasteiger charge is 2.13. The number of ether oxygens (including phenoxy) is 1. The van der Waals surface area contributed by atoms with Crippen LogP contribution in [0.25, 0.3) is 6.08 Å². The number of para-hydroxylation sites is 1. The molecule has 104 valence electrons. The number of nitrogens with zero attached hydrogens (tertiary/aromatic N) is 1. The van der Waals surface area contributed by atoms with Gasteiger partial charge in [0.2, 0.25) is 5.78 Å². The first-order chi connectivity index (χ1) is 10.2. The standard InChI is InChI=1S/C18H15NO2/c1-13-6-5-8-15(10-13)18(20)16(12-19)11-14-7-3-4-9-17(14)21-2/h3-11H,1-2H3/b16-11+. The molecule has 0 spiro atoms. The molecule has 0 aliphatic heterocycles. The Morgan fingerprint density at radius 3 is 2.62 bits per heavy atom. The van der Waals surface area contributed by atoms with Gasteiger partial charge in [-0.25, -0.2) is 0 Å². The second-order valence-corrected chi connectivity index (χ2v) is 4.61. The quantitative estimate of drug-likeness (QED) is 0.485. The molecule has 2 aromatic carbocycles. The Hall–Kier alpha value is -2.86. The second-order valence-electron chi connectivity index (χ2n) is 4.61. The van der Waals surface area contributed by atoms with Gasteiger partial charge in [0.25, 0.3) is 0 Å². The van der Waals surface area contributed by atoms with Crippen LogP contribution in [-0.4, -0.2) is 12.9 Å². The van der Waals surface area contributed by atoms with Crippen LogP contribution in [0.1, 0.15) is 21.5 Å². The lowest BCUT2D eigenvalue weighted by Crippen LogP contribution is -2.02. The molecular formula is C18H15NO2. The molecule has 2 rings (SSSR count). The zero-order valence-electron chi connectivity index (χ0n) is 12.0. The summed E-state index contributed by atoms with van der Waals surface area (Å²) in [4.78, 5) is 12.4. The molecule has 0 amide bonds. The Balaban J connectivity index is 2.42. The summed E-state index contributed by atoms with van der Waals surface area (Å²) in [6.45, 7) is 1.91. The molecule has 0 saturated carbocycles. The van der Waals surface area contributed by atoms with Gasteiger partial charge < -0.3 is 4.74 Å². The number of hydrogen-bond acceptors (Lipinski definition) is 3. The van der Waals surface area contributed by atoms with Gasteiger partial charge in [-0.2, -0.15) is 5.26 Å². The summed E-state index contributed by atoms with van der Waals surface area (Å²) >= 11 is 0. The van der Waals surface area contributed by atoms with Crippen LogP contribution in [-0.2, 0) is 0 Å². The molecule has 3 nitrogen and oxygen atoms in total. The molecule has 0 aliphatic rings. The Kier molecular flexibility index (Phi) is 4.53. The van der Waals surface area contributed by atoms with Crippen molar-refractivity contribution in [2.24, 2.45) is 0 Å². The number of carbonyl (C=O) groups is 1. The zero-order chi connectivity index (χ0) is 15.2. The second kappa shape index (κ2) is 6.53. The first-order valence-electron chi connectivity index (χ1n) is 6.52. The van der Waals surface area contributed by atoms with Gasteiger partial charge in [0, 0.05) is 11.1 Å². The number of rotatable bonds is 4. The molecule has 0 saturated heterocycles. The van der Waals surface area contributed by atoms with Crippen molar-refractivity contribution in [3.63, 3.8) is 0 Å². The summed E-state index contributed by atoms with van der Waals surface area (Å²) in [5, 5.41) is 9.27. The highest BCUT2D eigenvalue weighted by molar-refractivity contribution is 6.14. The number of aryl methyl sites for hydroxylation is 1. The van der Waals surface area contributed by atoms with Crippen molar-refractivity contribution < 1.29 is 9.53 Å². The molecule has 0 bridgehead atoms. The summed E-state index contributed by atoms with van der Waals surface area (Å²) in [7, 11) is 1.56. The third-order valence-electron chi connectivity index (χ3n) is 3.08. The van der Waals surface area contributed by atoms with E-state index in [9.17, 15) is 10.1 Å². The zero-order valence-corrected chi connectivity index (χ0v) is 12.0. The summed E-state index contributed by atoms with van der Waals surface area (Å²) in [6, 6.07) is 16.4. The van der Waals surface area contributed by atoms with Crippen LogP contribution >= 0.6 is 0 Å². The molecule has 0 atom stereocenters. The largest absolute Gasteiger partial charge is 0.496 e. The van der Waals surface area contributed by atoms with E-state index in [1.165, 1.54) is 0 Å². The lowest BCUT2D eigenvalue weighted by Gasteiger charge is -2.05. The lowest BCUT2D eigenvalue weighted by atomic mass is 10.0. The number of Topliss-reactive ketones (excluding diaryl/α,β-unsaturated/α-hetero) is 1. The fourth-order valence-electron chi connectivity index (χ4n) is 2.03. The van der Waals surface area contributed by atoms with E-state index in [1.807, 2.05) is 31.2 Å². The Morgan fingerprint density at radius 2 is 1.95 bits per heavy atom. The van der Waals surface area contributed by atoms with Crippen LogP contribution in [0.4, 0.5) is 0 Å². The molecule has 3 heteroatoms. The summed E-state index contributed by atoms with van der Waals surface area (Å²) < 4.78 is 5.23. The highest BCUT2D eigenvalue weighted by atomic mass is 16.5. The maximum absolute atomic E-state index is 12.4. The summed E-state index contributed by atoms with van der Waals surface area (Å²) in [5.41, 5.74) is 2.29. The van der Waals surface area contributed by atoms with Crippen LogP contribution < -0.4 is 4.74 Å². The van der Waals surface area contributed by atoms with Gasteiger partial charge in [-0.15, -0.1) is 0 Å². The number of ketones is 1. The molecule has 0 radical (unpaired) electrons. The number of nitriles is 1. The average molecular weight is 277 g/mol. The monoisotopic (exact) mass is 277 g/mol. The third kappa shape index (κ3) is 3.37. The Morgan fingerprint density at radius 1 is 1.19 bits per heavy atom. The van der Waals surface area contributed by atoms with Gasteiger partial charge in [0.05, 0.1) is 7.11 Å². The van der Waals surface area contributed by atoms with Crippen molar-refractivity contribution in [3.05, 3.63) is 70.8 Å². The van der Waals surface area contributed by atoms with Crippen LogP contribution in [0.3, 0.4) is 0 Å². The molecular weight excluding hydrogens is 262 g/mol. The van der Waals surface area contributed by atoms with Crippen molar-refractivity contribution in [1.82, 2.24) is 0 Å². The average Bonchev–Trinajstić information content (AvgIpc) is 2.52. The fraction of sp³-hybridized carbons (Fsp3) is 0.111. The molecule has 21 heavy (non-hydrogen) atoms. The van der Waals surface area contributed by atoms with Gasteiger partial charge in [-0.1, -0.05) is 42.0 Å². The van der Waals surface area contributed by atoms with Crippen molar-refractivity contribution >= 4 is 11.9 Å². The van der Waals surface area contributed by atoms with Crippen LogP contribution in [0.15, 0.2) is 54.1 Å². The third-order valence-corrected chi connectivity index (χ3v) is 3.08. The summed E-state index contributed by atoms with van der Waals surface area (Å²) in [6.07, 6.45) is 1.56. The van der Waals surface area contributed by atoms with E-state index in [2.05, 4.69) is 0 Å².